The van der Waals surface area contributed by atoms with E-state index in [0.29, 0.717) is 5.56 Å². The number of hydrogen-bond acceptors (Lipinski definition) is 2. The minimum atomic E-state index is -0.462. The average Bonchev–Trinajstić information content (AvgIpc) is 2.35. The monoisotopic (exact) mass is 266 g/mol. The van der Waals surface area contributed by atoms with Gasteiger partial charge in [-0.05, 0) is 44.6 Å². The van der Waals surface area contributed by atoms with E-state index < -0.39 is 6.04 Å². The van der Waals surface area contributed by atoms with Crippen LogP contribution in [0.5, 0.6) is 0 Å². The van der Waals surface area contributed by atoms with Gasteiger partial charge in [0.1, 0.15) is 11.9 Å². The summed E-state index contributed by atoms with van der Waals surface area (Å²) in [5, 5.41) is 3.01. The highest BCUT2D eigenvalue weighted by Crippen LogP contribution is 2.19. The molecule has 0 aliphatic heterocycles. The summed E-state index contributed by atoms with van der Waals surface area (Å²) >= 11 is 0. The number of nitrogens with one attached hydrogen (secondary N) is 1. The molecule has 1 aromatic rings. The van der Waals surface area contributed by atoms with Crippen molar-refractivity contribution in [2.75, 3.05) is 14.1 Å². The fraction of sp³-hybridized carbons (Fsp3) is 0.533. The van der Waals surface area contributed by atoms with Crippen molar-refractivity contribution in [2.45, 2.75) is 38.8 Å². The van der Waals surface area contributed by atoms with Gasteiger partial charge in [-0.3, -0.25) is 9.69 Å². The maximum Gasteiger partial charge on any atom is 0.242 e. The first-order valence-corrected chi connectivity index (χ1v) is 6.71. The standard InChI is InChI=1S/C15H23FN2O/c1-5-13(6-2)17-15(19)14(18(3)4)11-8-7-9-12(16)10-11/h7-10,13-14H,5-6H2,1-4H3,(H,17,19)/t14-/m1/s1. The summed E-state index contributed by atoms with van der Waals surface area (Å²) in [7, 11) is 3.64. The van der Waals surface area contributed by atoms with E-state index in [-0.39, 0.29) is 17.8 Å². The molecule has 0 radical (unpaired) electrons. The van der Waals surface area contributed by atoms with E-state index in [1.807, 2.05) is 27.9 Å². The van der Waals surface area contributed by atoms with Crippen molar-refractivity contribution in [1.29, 1.82) is 0 Å². The minimum absolute atomic E-state index is 0.0794. The number of carbonyl (C=O) groups excluding carboxylic acids is 1. The van der Waals surface area contributed by atoms with Gasteiger partial charge in [-0.15, -0.1) is 0 Å². The van der Waals surface area contributed by atoms with E-state index >= 15 is 0 Å². The molecule has 1 aromatic carbocycles. The Hall–Kier alpha value is -1.42. The Morgan fingerprint density at radius 1 is 1.32 bits per heavy atom. The Labute approximate surface area is 114 Å². The van der Waals surface area contributed by atoms with Crippen LogP contribution in [-0.2, 0) is 4.79 Å². The van der Waals surface area contributed by atoms with Gasteiger partial charge >= 0.3 is 0 Å². The number of rotatable bonds is 6. The molecule has 4 heteroatoms. The molecule has 1 atom stereocenters. The third-order valence-electron chi connectivity index (χ3n) is 3.26. The van der Waals surface area contributed by atoms with E-state index in [4.69, 9.17) is 0 Å². The Kier molecular flexibility index (Phi) is 5.96. The van der Waals surface area contributed by atoms with Crippen LogP contribution in [0, 0.1) is 5.82 Å². The van der Waals surface area contributed by atoms with Crippen LogP contribution in [-0.4, -0.2) is 30.9 Å². The van der Waals surface area contributed by atoms with Crippen LogP contribution in [0.3, 0.4) is 0 Å². The van der Waals surface area contributed by atoms with Crippen LogP contribution >= 0.6 is 0 Å². The summed E-state index contributed by atoms with van der Waals surface area (Å²) in [4.78, 5) is 14.1. The molecule has 0 unspecified atom stereocenters. The second-order valence-corrected chi connectivity index (χ2v) is 4.94. The molecule has 0 fully saturated rings. The molecular formula is C15H23FN2O. The van der Waals surface area contributed by atoms with Gasteiger partial charge < -0.3 is 5.32 Å². The molecular weight excluding hydrogens is 243 g/mol. The summed E-state index contributed by atoms with van der Waals surface area (Å²) in [6, 6.07) is 5.91. The summed E-state index contributed by atoms with van der Waals surface area (Å²) < 4.78 is 13.3. The second kappa shape index (κ2) is 7.24. The van der Waals surface area contributed by atoms with Crippen LogP contribution in [0.2, 0.25) is 0 Å². The van der Waals surface area contributed by atoms with E-state index in [1.54, 1.807) is 17.0 Å². The molecule has 0 spiro atoms. The SMILES string of the molecule is CCC(CC)NC(=O)[C@@H](c1cccc(F)c1)N(C)C. The first-order chi connectivity index (χ1) is 8.99. The number of benzene rings is 1. The molecule has 1 rings (SSSR count). The van der Waals surface area contributed by atoms with Gasteiger partial charge in [-0.1, -0.05) is 26.0 Å². The molecule has 0 saturated heterocycles. The number of halogens is 1. The highest BCUT2D eigenvalue weighted by molar-refractivity contribution is 5.83. The molecule has 0 bridgehead atoms. The highest BCUT2D eigenvalue weighted by atomic mass is 19.1. The van der Waals surface area contributed by atoms with Crippen molar-refractivity contribution in [3.63, 3.8) is 0 Å². The van der Waals surface area contributed by atoms with E-state index in [0.717, 1.165) is 12.8 Å². The van der Waals surface area contributed by atoms with Crippen LogP contribution in [0.4, 0.5) is 4.39 Å². The molecule has 106 valence electrons. The molecule has 0 heterocycles. The summed E-state index contributed by atoms with van der Waals surface area (Å²) in [5.74, 6) is -0.399. The molecule has 19 heavy (non-hydrogen) atoms. The van der Waals surface area contributed by atoms with Crippen LogP contribution in [0.15, 0.2) is 24.3 Å². The number of nitrogens with zero attached hydrogens (tertiary/aromatic N) is 1. The lowest BCUT2D eigenvalue weighted by Crippen LogP contribution is -2.42. The van der Waals surface area contributed by atoms with E-state index in [2.05, 4.69) is 5.32 Å². The Balaban J connectivity index is 2.92. The van der Waals surface area contributed by atoms with Gasteiger partial charge in [0.2, 0.25) is 5.91 Å². The normalized spacial score (nSPS) is 12.8. The summed E-state index contributed by atoms with van der Waals surface area (Å²) in [6.45, 7) is 4.09. The molecule has 3 nitrogen and oxygen atoms in total. The Morgan fingerprint density at radius 2 is 1.95 bits per heavy atom. The zero-order chi connectivity index (χ0) is 14.4. The number of hydrogen-bond donors (Lipinski definition) is 1. The largest absolute Gasteiger partial charge is 0.352 e. The van der Waals surface area contributed by atoms with E-state index in [9.17, 15) is 9.18 Å². The van der Waals surface area contributed by atoms with Gasteiger partial charge in [0.05, 0.1) is 0 Å². The van der Waals surface area contributed by atoms with Crippen molar-refractivity contribution >= 4 is 5.91 Å². The lowest BCUT2D eigenvalue weighted by Gasteiger charge is -2.26. The zero-order valence-corrected chi connectivity index (χ0v) is 12.1. The quantitative estimate of drug-likeness (QED) is 0.858. The summed E-state index contributed by atoms with van der Waals surface area (Å²) in [5.41, 5.74) is 0.674. The second-order valence-electron chi connectivity index (χ2n) is 4.94. The maximum absolute atomic E-state index is 13.3. The van der Waals surface area contributed by atoms with Gasteiger partial charge in [-0.25, -0.2) is 4.39 Å². The number of carbonyl (C=O) groups is 1. The molecule has 1 amide bonds. The van der Waals surface area contributed by atoms with Crippen molar-refractivity contribution in [1.82, 2.24) is 10.2 Å². The predicted octanol–water partition coefficient (Wildman–Crippen LogP) is 2.73. The maximum atomic E-state index is 13.3. The molecule has 0 aliphatic carbocycles. The fourth-order valence-electron chi connectivity index (χ4n) is 2.13. The molecule has 1 N–H and O–H groups in total. The minimum Gasteiger partial charge on any atom is -0.352 e. The smallest absolute Gasteiger partial charge is 0.242 e. The highest BCUT2D eigenvalue weighted by Gasteiger charge is 2.24. The zero-order valence-electron chi connectivity index (χ0n) is 12.1. The molecule has 0 saturated carbocycles. The van der Waals surface area contributed by atoms with Crippen molar-refractivity contribution in [3.8, 4) is 0 Å². The third-order valence-corrected chi connectivity index (χ3v) is 3.26. The van der Waals surface area contributed by atoms with Gasteiger partial charge in [0, 0.05) is 6.04 Å². The van der Waals surface area contributed by atoms with E-state index in [1.165, 1.54) is 12.1 Å². The van der Waals surface area contributed by atoms with Gasteiger partial charge in [-0.2, -0.15) is 0 Å². The van der Waals surface area contributed by atoms with Crippen LogP contribution in [0.1, 0.15) is 38.3 Å². The van der Waals surface area contributed by atoms with Crippen molar-refractivity contribution in [3.05, 3.63) is 35.6 Å². The molecule has 0 aromatic heterocycles. The fourth-order valence-corrected chi connectivity index (χ4v) is 2.13. The van der Waals surface area contributed by atoms with Gasteiger partial charge in [0.25, 0.3) is 0 Å². The number of likely N-dealkylation sites (N-methyl/N-ethyl adjacent to an activating group) is 1. The van der Waals surface area contributed by atoms with Gasteiger partial charge in [0.15, 0.2) is 0 Å². The van der Waals surface area contributed by atoms with Crippen LogP contribution < -0.4 is 5.32 Å². The number of amides is 1. The Bertz CT molecular complexity index is 416. The lowest BCUT2D eigenvalue weighted by molar-refractivity contribution is -0.126. The first-order valence-electron chi connectivity index (χ1n) is 6.71. The summed E-state index contributed by atoms with van der Waals surface area (Å²) in [6.07, 6.45) is 1.79. The molecule has 0 aliphatic rings. The predicted molar refractivity (Wildman–Crippen MR) is 75.3 cm³/mol. The first kappa shape index (κ1) is 15.6. The topological polar surface area (TPSA) is 32.3 Å². The van der Waals surface area contributed by atoms with Crippen molar-refractivity contribution < 1.29 is 9.18 Å². The lowest BCUT2D eigenvalue weighted by atomic mass is 10.0. The average molecular weight is 266 g/mol. The van der Waals surface area contributed by atoms with Crippen LogP contribution in [0.25, 0.3) is 0 Å². The Morgan fingerprint density at radius 3 is 2.42 bits per heavy atom. The third kappa shape index (κ3) is 4.31. The van der Waals surface area contributed by atoms with Crippen molar-refractivity contribution in [2.24, 2.45) is 0 Å².